The van der Waals surface area contributed by atoms with E-state index >= 15 is 0 Å². The summed E-state index contributed by atoms with van der Waals surface area (Å²) < 4.78 is 0. The molecule has 0 spiro atoms. The van der Waals surface area contributed by atoms with Gasteiger partial charge in [-0.25, -0.2) is 0 Å². The van der Waals surface area contributed by atoms with Gasteiger partial charge in [0, 0.05) is 11.5 Å². The Morgan fingerprint density at radius 2 is 1.29 bits per heavy atom. The Bertz CT molecular complexity index is 426. The van der Waals surface area contributed by atoms with Crippen molar-refractivity contribution in [2.45, 2.75) is 11.5 Å². The van der Waals surface area contributed by atoms with Crippen molar-refractivity contribution in [3.8, 4) is 5.75 Å². The molecule has 0 radical (unpaired) electrons. The van der Waals surface area contributed by atoms with Crippen LogP contribution < -0.4 is 0 Å². The first kappa shape index (κ1) is 14.0. The molecule has 0 aliphatic heterocycles. The summed E-state index contributed by atoms with van der Waals surface area (Å²) in [5.41, 5.74) is 2.60. The molecule has 2 rings (SSSR count). The van der Waals surface area contributed by atoms with Crippen molar-refractivity contribution in [3.05, 3.63) is 65.7 Å². The third kappa shape index (κ3) is 4.75. The van der Waals surface area contributed by atoms with Crippen LogP contribution in [0.3, 0.4) is 0 Å². The molecular weight excluding hydrogens is 248 g/mol. The first-order valence-electron chi connectivity index (χ1n) is 5.24. The van der Waals surface area contributed by atoms with Gasteiger partial charge in [-0.05, 0) is 23.3 Å². The molecule has 1 nitrogen and oxygen atoms in total. The zero-order chi connectivity index (χ0) is 11.2. The Kier molecular flexibility index (Phi) is 6.01. The zero-order valence-electron chi connectivity index (χ0n) is 9.47. The first-order valence-corrected chi connectivity index (χ1v) is 6.39. The molecule has 0 aliphatic carbocycles. The van der Waals surface area contributed by atoms with E-state index in [1.54, 1.807) is 12.1 Å². The molecular formula is C14H16OS2. The Morgan fingerprint density at radius 3 is 1.88 bits per heavy atom. The molecule has 17 heavy (non-hydrogen) atoms. The van der Waals surface area contributed by atoms with Gasteiger partial charge in [-0.2, -0.15) is 25.3 Å². The van der Waals surface area contributed by atoms with Crippen LogP contribution in [0.1, 0.15) is 11.1 Å². The highest BCUT2D eigenvalue weighted by Gasteiger charge is 1.95. The van der Waals surface area contributed by atoms with Crippen molar-refractivity contribution in [3.63, 3.8) is 0 Å². The molecule has 2 aromatic carbocycles. The van der Waals surface area contributed by atoms with Gasteiger partial charge in [0.1, 0.15) is 5.75 Å². The third-order valence-corrected chi connectivity index (χ3v) is 3.39. The van der Waals surface area contributed by atoms with E-state index in [1.807, 2.05) is 30.0 Å². The summed E-state index contributed by atoms with van der Waals surface area (Å²) in [6, 6.07) is 17.9. The minimum atomic E-state index is 0. The van der Waals surface area contributed by atoms with Gasteiger partial charge in [-0.15, -0.1) is 0 Å². The number of phenolic OH excluding ortho intramolecular Hbond substituents is 1. The quantitative estimate of drug-likeness (QED) is 0.902. The summed E-state index contributed by atoms with van der Waals surface area (Å²) in [6.45, 7) is 0. The summed E-state index contributed by atoms with van der Waals surface area (Å²) in [5, 5.41) is 9.15. The highest BCUT2D eigenvalue weighted by atomic mass is 32.2. The fraction of sp³-hybridized carbons (Fsp3) is 0.143. The second-order valence-electron chi connectivity index (χ2n) is 3.64. The van der Waals surface area contributed by atoms with Crippen LogP contribution in [0.25, 0.3) is 0 Å². The molecule has 0 bridgehead atoms. The maximum atomic E-state index is 9.15. The number of thioether (sulfide) groups is 1. The van der Waals surface area contributed by atoms with Gasteiger partial charge in [0.2, 0.25) is 0 Å². The van der Waals surface area contributed by atoms with E-state index in [2.05, 4.69) is 24.3 Å². The average Bonchev–Trinajstić information content (AvgIpc) is 2.33. The molecule has 3 heteroatoms. The van der Waals surface area contributed by atoms with Crippen molar-refractivity contribution in [1.29, 1.82) is 0 Å². The van der Waals surface area contributed by atoms with Crippen molar-refractivity contribution >= 4 is 25.3 Å². The van der Waals surface area contributed by atoms with Crippen molar-refractivity contribution in [1.82, 2.24) is 0 Å². The third-order valence-electron chi connectivity index (χ3n) is 2.32. The van der Waals surface area contributed by atoms with Gasteiger partial charge in [-0.1, -0.05) is 42.5 Å². The highest BCUT2D eigenvalue weighted by molar-refractivity contribution is 7.97. The molecule has 0 fully saturated rings. The number of phenols is 1. The van der Waals surface area contributed by atoms with E-state index in [0.29, 0.717) is 5.75 Å². The number of benzene rings is 2. The van der Waals surface area contributed by atoms with Crippen molar-refractivity contribution < 1.29 is 5.11 Å². The Morgan fingerprint density at radius 1 is 0.765 bits per heavy atom. The summed E-state index contributed by atoms with van der Waals surface area (Å²) in [4.78, 5) is 0. The van der Waals surface area contributed by atoms with Crippen LogP contribution in [-0.2, 0) is 11.5 Å². The van der Waals surface area contributed by atoms with Crippen molar-refractivity contribution in [2.24, 2.45) is 0 Å². The predicted octanol–water partition coefficient (Wildman–Crippen LogP) is 3.94. The molecule has 0 heterocycles. The molecule has 0 atom stereocenters. The standard InChI is InChI=1S/C14H14OS.H2S/c15-14-8-6-13(7-9-14)11-16-10-12-4-2-1-3-5-12;/h1-9,15H,10-11H2;1H2. The molecule has 0 saturated carbocycles. The summed E-state index contributed by atoms with van der Waals surface area (Å²) >= 11 is 1.88. The molecule has 0 aliphatic rings. The minimum Gasteiger partial charge on any atom is -0.508 e. The molecule has 0 unspecified atom stereocenters. The zero-order valence-corrected chi connectivity index (χ0v) is 11.3. The molecule has 90 valence electrons. The normalized spacial score (nSPS) is 9.65. The molecule has 1 N–H and O–H groups in total. The largest absolute Gasteiger partial charge is 0.508 e. The number of aromatic hydroxyl groups is 1. The van der Waals surface area contributed by atoms with Gasteiger partial charge < -0.3 is 5.11 Å². The van der Waals surface area contributed by atoms with E-state index in [9.17, 15) is 0 Å². The molecule has 2 aromatic rings. The summed E-state index contributed by atoms with van der Waals surface area (Å²) in [6.07, 6.45) is 0. The Hall–Kier alpha value is -1.06. The Balaban J connectivity index is 0.00000144. The first-order chi connectivity index (χ1) is 7.84. The van der Waals surface area contributed by atoms with Gasteiger partial charge in [-0.3, -0.25) is 0 Å². The molecule has 0 saturated heterocycles. The van der Waals surface area contributed by atoms with E-state index in [4.69, 9.17) is 5.11 Å². The molecule has 0 aromatic heterocycles. The second kappa shape index (κ2) is 7.30. The monoisotopic (exact) mass is 264 g/mol. The fourth-order valence-corrected chi connectivity index (χ4v) is 2.41. The number of hydrogen-bond donors (Lipinski definition) is 1. The SMILES string of the molecule is Oc1ccc(CSCc2ccccc2)cc1.S. The van der Waals surface area contributed by atoms with Crippen LogP contribution in [0, 0.1) is 0 Å². The lowest BCUT2D eigenvalue weighted by Gasteiger charge is -2.02. The maximum Gasteiger partial charge on any atom is 0.115 e. The van der Waals surface area contributed by atoms with Crippen molar-refractivity contribution in [2.75, 3.05) is 0 Å². The Labute approximate surface area is 113 Å². The van der Waals surface area contributed by atoms with E-state index < -0.39 is 0 Å². The number of hydrogen-bond acceptors (Lipinski definition) is 2. The maximum absolute atomic E-state index is 9.15. The summed E-state index contributed by atoms with van der Waals surface area (Å²) in [7, 11) is 0. The second-order valence-corrected chi connectivity index (χ2v) is 4.63. The van der Waals surface area contributed by atoms with Gasteiger partial charge in [0.15, 0.2) is 0 Å². The van der Waals surface area contributed by atoms with Gasteiger partial charge >= 0.3 is 0 Å². The summed E-state index contributed by atoms with van der Waals surface area (Å²) in [5.74, 6) is 2.34. The lowest BCUT2D eigenvalue weighted by atomic mass is 10.2. The fourth-order valence-electron chi connectivity index (χ4n) is 1.45. The van der Waals surface area contributed by atoms with Crippen LogP contribution in [-0.4, -0.2) is 5.11 Å². The lowest BCUT2D eigenvalue weighted by molar-refractivity contribution is 0.475. The molecule has 0 amide bonds. The van der Waals surface area contributed by atoms with Crippen LogP contribution >= 0.6 is 25.3 Å². The van der Waals surface area contributed by atoms with Crippen LogP contribution in [0.5, 0.6) is 5.75 Å². The topological polar surface area (TPSA) is 20.2 Å². The predicted molar refractivity (Wildman–Crippen MR) is 79.9 cm³/mol. The minimum absolute atomic E-state index is 0. The van der Waals surface area contributed by atoms with Crippen LogP contribution in [0.2, 0.25) is 0 Å². The van der Waals surface area contributed by atoms with E-state index in [1.165, 1.54) is 11.1 Å². The smallest absolute Gasteiger partial charge is 0.115 e. The van der Waals surface area contributed by atoms with Gasteiger partial charge in [0.05, 0.1) is 0 Å². The van der Waals surface area contributed by atoms with Crippen LogP contribution in [0.4, 0.5) is 0 Å². The van der Waals surface area contributed by atoms with Gasteiger partial charge in [0.25, 0.3) is 0 Å². The lowest BCUT2D eigenvalue weighted by Crippen LogP contribution is -1.82. The van der Waals surface area contributed by atoms with E-state index in [-0.39, 0.29) is 13.5 Å². The van der Waals surface area contributed by atoms with Crippen LogP contribution in [0.15, 0.2) is 54.6 Å². The van der Waals surface area contributed by atoms with E-state index in [0.717, 1.165) is 11.5 Å². The highest BCUT2D eigenvalue weighted by Crippen LogP contribution is 2.19. The number of rotatable bonds is 4. The average molecular weight is 264 g/mol.